The highest BCUT2D eigenvalue weighted by Crippen LogP contribution is 2.36. The Bertz CT molecular complexity index is 465. The molecule has 0 unspecified atom stereocenters. The molecule has 2 rings (SSSR count). The summed E-state index contributed by atoms with van der Waals surface area (Å²) >= 11 is 0. The van der Waals surface area contributed by atoms with Crippen LogP contribution in [-0.2, 0) is 0 Å². The van der Waals surface area contributed by atoms with E-state index >= 15 is 0 Å². The second-order valence-corrected chi connectivity index (χ2v) is 5.34. The minimum atomic E-state index is -0.510. The molecule has 1 aromatic heterocycles. The molecule has 1 aliphatic rings. The predicted molar refractivity (Wildman–Crippen MR) is 68.3 cm³/mol. The van der Waals surface area contributed by atoms with E-state index in [-0.39, 0.29) is 16.9 Å². The third-order valence-corrected chi connectivity index (χ3v) is 3.43. The van der Waals surface area contributed by atoms with Crippen LogP contribution in [0.2, 0.25) is 0 Å². The van der Waals surface area contributed by atoms with Crippen LogP contribution in [0.15, 0.2) is 6.33 Å². The smallest absolute Gasteiger partial charge is 0.353 e. The minimum absolute atomic E-state index is 0.0742. The Morgan fingerprint density at radius 3 is 2.56 bits per heavy atom. The minimum Gasteiger partial charge on any atom is -0.378 e. The molecule has 2 N–H and O–H groups in total. The van der Waals surface area contributed by atoms with Gasteiger partial charge >= 0.3 is 5.69 Å². The van der Waals surface area contributed by atoms with Crippen molar-refractivity contribution >= 4 is 17.3 Å². The van der Waals surface area contributed by atoms with Crippen LogP contribution in [0.3, 0.4) is 0 Å². The van der Waals surface area contributed by atoms with E-state index in [4.69, 9.17) is 5.73 Å². The molecule has 0 bridgehead atoms. The average molecular weight is 251 g/mol. The molecule has 2 heterocycles. The number of anilines is 2. The lowest BCUT2D eigenvalue weighted by Gasteiger charge is -2.37. The highest BCUT2D eigenvalue weighted by atomic mass is 16.6. The number of piperidine rings is 1. The summed E-state index contributed by atoms with van der Waals surface area (Å²) in [6.45, 7) is 5.91. The van der Waals surface area contributed by atoms with E-state index in [9.17, 15) is 10.1 Å². The Kier molecular flexibility index (Phi) is 3.06. The van der Waals surface area contributed by atoms with Crippen LogP contribution in [0.1, 0.15) is 26.7 Å². The van der Waals surface area contributed by atoms with E-state index in [1.165, 1.54) is 6.33 Å². The van der Waals surface area contributed by atoms with Crippen molar-refractivity contribution in [2.75, 3.05) is 23.7 Å². The number of nitrogens with zero attached hydrogens (tertiary/aromatic N) is 4. The standard InChI is InChI=1S/C11H17N5O2/c1-11(2)3-5-15(6-4-11)10-8(16(17)18)9(12)13-7-14-10/h7H,3-6H2,1-2H3,(H2,12,13,14). The van der Waals surface area contributed by atoms with Crippen LogP contribution < -0.4 is 10.6 Å². The molecule has 1 aliphatic heterocycles. The van der Waals surface area contributed by atoms with Gasteiger partial charge in [-0.3, -0.25) is 10.1 Å². The second-order valence-electron chi connectivity index (χ2n) is 5.34. The zero-order valence-corrected chi connectivity index (χ0v) is 10.6. The van der Waals surface area contributed by atoms with Crippen molar-refractivity contribution in [1.29, 1.82) is 0 Å². The first-order valence-corrected chi connectivity index (χ1v) is 5.90. The molecule has 7 nitrogen and oxygen atoms in total. The number of rotatable bonds is 2. The van der Waals surface area contributed by atoms with Crippen LogP contribution in [0.25, 0.3) is 0 Å². The quantitative estimate of drug-likeness (QED) is 0.633. The molecule has 0 aromatic carbocycles. The van der Waals surface area contributed by atoms with Crippen LogP contribution in [0.4, 0.5) is 17.3 Å². The molecular weight excluding hydrogens is 234 g/mol. The predicted octanol–water partition coefficient (Wildman–Crippen LogP) is 1.59. The first-order chi connectivity index (χ1) is 8.41. The Labute approximate surface area is 105 Å². The maximum absolute atomic E-state index is 11.0. The number of hydrogen-bond acceptors (Lipinski definition) is 6. The van der Waals surface area contributed by atoms with Crippen LogP contribution in [0, 0.1) is 15.5 Å². The number of nitrogen functional groups attached to an aromatic ring is 1. The van der Waals surface area contributed by atoms with Gasteiger partial charge in [0.25, 0.3) is 0 Å². The molecule has 1 aromatic rings. The average Bonchev–Trinajstić information content (AvgIpc) is 2.28. The Morgan fingerprint density at radius 2 is 2.00 bits per heavy atom. The molecule has 98 valence electrons. The van der Waals surface area contributed by atoms with E-state index < -0.39 is 4.92 Å². The number of nitro groups is 1. The molecule has 1 saturated heterocycles. The van der Waals surface area contributed by atoms with Gasteiger partial charge in [0.15, 0.2) is 0 Å². The summed E-state index contributed by atoms with van der Waals surface area (Å²) < 4.78 is 0. The number of nitrogens with two attached hydrogens (primary N) is 1. The summed E-state index contributed by atoms with van der Waals surface area (Å²) in [5.74, 6) is 0.262. The number of aromatic nitrogens is 2. The van der Waals surface area contributed by atoms with Crippen molar-refractivity contribution < 1.29 is 4.92 Å². The SMILES string of the molecule is CC1(C)CCN(c2ncnc(N)c2[N+](=O)[O-])CC1. The second kappa shape index (κ2) is 4.40. The fourth-order valence-electron chi connectivity index (χ4n) is 2.11. The zero-order valence-electron chi connectivity index (χ0n) is 10.6. The monoisotopic (exact) mass is 251 g/mol. The van der Waals surface area contributed by atoms with Crippen molar-refractivity contribution in [2.24, 2.45) is 5.41 Å². The van der Waals surface area contributed by atoms with Gasteiger partial charge in [-0.15, -0.1) is 0 Å². The van der Waals surface area contributed by atoms with E-state index in [0.717, 1.165) is 25.9 Å². The van der Waals surface area contributed by atoms with Gasteiger partial charge in [-0.1, -0.05) is 13.8 Å². The van der Waals surface area contributed by atoms with E-state index in [1.807, 2.05) is 4.90 Å². The fourth-order valence-corrected chi connectivity index (χ4v) is 2.11. The third kappa shape index (κ3) is 2.34. The van der Waals surface area contributed by atoms with Gasteiger partial charge in [-0.05, 0) is 18.3 Å². The van der Waals surface area contributed by atoms with Crippen molar-refractivity contribution in [2.45, 2.75) is 26.7 Å². The lowest BCUT2D eigenvalue weighted by Crippen LogP contribution is -2.38. The van der Waals surface area contributed by atoms with Crippen LogP contribution >= 0.6 is 0 Å². The molecule has 0 aliphatic carbocycles. The van der Waals surface area contributed by atoms with Crippen LogP contribution in [0.5, 0.6) is 0 Å². The molecule has 0 spiro atoms. The topological polar surface area (TPSA) is 98.2 Å². The molecule has 0 atom stereocenters. The van der Waals surface area contributed by atoms with Gasteiger partial charge in [0, 0.05) is 13.1 Å². The van der Waals surface area contributed by atoms with Gasteiger partial charge in [-0.2, -0.15) is 0 Å². The van der Waals surface area contributed by atoms with E-state index in [2.05, 4.69) is 23.8 Å². The molecule has 1 fully saturated rings. The van der Waals surface area contributed by atoms with Crippen molar-refractivity contribution in [3.63, 3.8) is 0 Å². The highest BCUT2D eigenvalue weighted by Gasteiger charge is 2.31. The maximum atomic E-state index is 11.0. The van der Waals surface area contributed by atoms with Crippen molar-refractivity contribution in [1.82, 2.24) is 9.97 Å². The molecule has 0 amide bonds. The summed E-state index contributed by atoms with van der Waals surface area (Å²) in [4.78, 5) is 20.1. The first kappa shape index (κ1) is 12.5. The Balaban J connectivity index is 2.30. The van der Waals surface area contributed by atoms with E-state index in [1.54, 1.807) is 0 Å². The Hall–Kier alpha value is -1.92. The highest BCUT2D eigenvalue weighted by molar-refractivity contribution is 5.68. The largest absolute Gasteiger partial charge is 0.378 e. The van der Waals surface area contributed by atoms with Gasteiger partial charge < -0.3 is 10.6 Å². The summed E-state index contributed by atoms with van der Waals surface area (Å²) in [6.07, 6.45) is 3.24. The summed E-state index contributed by atoms with van der Waals surface area (Å²) in [5.41, 5.74) is 5.66. The van der Waals surface area contributed by atoms with Gasteiger partial charge in [0.2, 0.25) is 11.6 Å². The molecule has 0 saturated carbocycles. The van der Waals surface area contributed by atoms with Gasteiger partial charge in [-0.25, -0.2) is 9.97 Å². The maximum Gasteiger partial charge on any atom is 0.353 e. The molecule has 18 heavy (non-hydrogen) atoms. The zero-order chi connectivity index (χ0) is 13.3. The fraction of sp³-hybridized carbons (Fsp3) is 0.636. The van der Waals surface area contributed by atoms with Crippen LogP contribution in [-0.4, -0.2) is 28.0 Å². The molecule has 0 radical (unpaired) electrons. The summed E-state index contributed by atoms with van der Waals surface area (Å²) in [7, 11) is 0. The number of hydrogen-bond donors (Lipinski definition) is 1. The Morgan fingerprint density at radius 1 is 1.39 bits per heavy atom. The van der Waals surface area contributed by atoms with Crippen molar-refractivity contribution in [3.05, 3.63) is 16.4 Å². The first-order valence-electron chi connectivity index (χ1n) is 5.90. The van der Waals surface area contributed by atoms with Gasteiger partial charge in [0.1, 0.15) is 6.33 Å². The normalized spacial score (nSPS) is 18.7. The lowest BCUT2D eigenvalue weighted by atomic mass is 9.83. The summed E-state index contributed by atoms with van der Waals surface area (Å²) in [6, 6.07) is 0. The molecular formula is C11H17N5O2. The molecule has 7 heteroatoms. The van der Waals surface area contributed by atoms with E-state index in [0.29, 0.717) is 5.82 Å². The third-order valence-electron chi connectivity index (χ3n) is 3.43. The van der Waals surface area contributed by atoms with Gasteiger partial charge in [0.05, 0.1) is 4.92 Å². The lowest BCUT2D eigenvalue weighted by molar-refractivity contribution is -0.383. The van der Waals surface area contributed by atoms with Crippen molar-refractivity contribution in [3.8, 4) is 0 Å². The summed E-state index contributed by atoms with van der Waals surface area (Å²) in [5, 5.41) is 11.0.